The Morgan fingerprint density at radius 2 is 1.81 bits per heavy atom. The quantitative estimate of drug-likeness (QED) is 0.772. The van der Waals surface area contributed by atoms with Crippen molar-refractivity contribution in [2.24, 2.45) is 17.8 Å². The summed E-state index contributed by atoms with van der Waals surface area (Å²) >= 11 is 0. The van der Waals surface area contributed by atoms with Gasteiger partial charge in [0.25, 0.3) is 0 Å². The summed E-state index contributed by atoms with van der Waals surface area (Å²) in [4.78, 5) is 25.4. The lowest BCUT2D eigenvalue weighted by atomic mass is 9.79. The average Bonchev–Trinajstić information content (AvgIpc) is 2.61. The van der Waals surface area contributed by atoms with Crippen molar-refractivity contribution in [3.05, 3.63) is 24.3 Å². The fourth-order valence-corrected chi connectivity index (χ4v) is 3.52. The zero-order valence-electron chi connectivity index (χ0n) is 16.4. The van der Waals surface area contributed by atoms with E-state index in [-0.39, 0.29) is 23.7 Å². The molecule has 2 rings (SSSR count). The molecule has 5 heteroatoms. The molecular formula is C21H32N2O3. The van der Waals surface area contributed by atoms with Crippen LogP contribution >= 0.6 is 0 Å². The van der Waals surface area contributed by atoms with Crippen LogP contribution in [0.15, 0.2) is 24.3 Å². The standard InChI is InChI=1S/C21H32N2O3/c1-5-26-17-12-10-16(11-13-17)22-21(25)19(14(2)3)23-20(24)18-9-7-6-8-15(18)4/h10-15,18-19H,5-9H2,1-4H3,(H,22,25)(H,23,24)/t15-,18+,19-/m1/s1. The molecule has 0 unspecified atom stereocenters. The highest BCUT2D eigenvalue weighted by Gasteiger charge is 2.32. The van der Waals surface area contributed by atoms with Crippen LogP contribution in [-0.2, 0) is 9.59 Å². The predicted octanol–water partition coefficient (Wildman–Crippen LogP) is 3.99. The second-order valence-corrected chi connectivity index (χ2v) is 7.55. The normalized spacial score (nSPS) is 21.1. The van der Waals surface area contributed by atoms with E-state index < -0.39 is 6.04 Å². The Hall–Kier alpha value is -2.04. The summed E-state index contributed by atoms with van der Waals surface area (Å²) in [5.74, 6) is 1.01. The van der Waals surface area contributed by atoms with Crippen molar-refractivity contribution in [2.45, 2.75) is 59.4 Å². The third-order valence-electron chi connectivity index (χ3n) is 5.13. The second kappa shape index (κ2) is 9.60. The minimum absolute atomic E-state index is 0.0118. The van der Waals surface area contributed by atoms with Crippen LogP contribution in [0.4, 0.5) is 5.69 Å². The molecule has 1 aliphatic rings. The molecule has 0 spiro atoms. The van der Waals surface area contributed by atoms with Gasteiger partial charge in [-0.25, -0.2) is 0 Å². The highest BCUT2D eigenvalue weighted by atomic mass is 16.5. The topological polar surface area (TPSA) is 67.4 Å². The van der Waals surface area contributed by atoms with E-state index in [2.05, 4.69) is 17.6 Å². The molecule has 5 nitrogen and oxygen atoms in total. The molecule has 0 aromatic heterocycles. The van der Waals surface area contributed by atoms with Crippen LogP contribution in [0.2, 0.25) is 0 Å². The van der Waals surface area contributed by atoms with Crippen LogP contribution in [0.3, 0.4) is 0 Å². The molecule has 1 aliphatic carbocycles. The van der Waals surface area contributed by atoms with E-state index in [4.69, 9.17) is 4.74 Å². The molecule has 0 heterocycles. The summed E-state index contributed by atoms with van der Waals surface area (Å²) in [6.45, 7) is 8.57. The Labute approximate surface area is 156 Å². The summed E-state index contributed by atoms with van der Waals surface area (Å²) in [7, 11) is 0. The molecule has 1 fully saturated rings. The maximum atomic E-state index is 12.7. The lowest BCUT2D eigenvalue weighted by molar-refractivity contribution is -0.132. The number of hydrogen-bond donors (Lipinski definition) is 2. The Morgan fingerprint density at radius 1 is 1.15 bits per heavy atom. The van der Waals surface area contributed by atoms with Crippen molar-refractivity contribution in [2.75, 3.05) is 11.9 Å². The highest BCUT2D eigenvalue weighted by molar-refractivity contribution is 5.97. The Balaban J connectivity index is 1.99. The third-order valence-corrected chi connectivity index (χ3v) is 5.13. The number of carbonyl (C=O) groups is 2. The lowest BCUT2D eigenvalue weighted by Gasteiger charge is -2.30. The zero-order valence-corrected chi connectivity index (χ0v) is 16.4. The molecule has 26 heavy (non-hydrogen) atoms. The average molecular weight is 360 g/mol. The first-order valence-corrected chi connectivity index (χ1v) is 9.76. The number of anilines is 1. The van der Waals surface area contributed by atoms with E-state index in [0.717, 1.165) is 25.0 Å². The number of ether oxygens (including phenoxy) is 1. The van der Waals surface area contributed by atoms with Gasteiger partial charge in [-0.1, -0.05) is 33.6 Å². The number of nitrogens with one attached hydrogen (secondary N) is 2. The fraction of sp³-hybridized carbons (Fsp3) is 0.619. The van der Waals surface area contributed by atoms with Crippen LogP contribution < -0.4 is 15.4 Å². The Kier molecular flexibility index (Phi) is 7.49. The van der Waals surface area contributed by atoms with Crippen LogP contribution in [0, 0.1) is 17.8 Å². The zero-order chi connectivity index (χ0) is 19.1. The van der Waals surface area contributed by atoms with Gasteiger partial charge in [0.2, 0.25) is 11.8 Å². The first-order valence-electron chi connectivity index (χ1n) is 9.76. The minimum atomic E-state index is -0.539. The van der Waals surface area contributed by atoms with Gasteiger partial charge in [-0.2, -0.15) is 0 Å². The molecule has 0 radical (unpaired) electrons. The van der Waals surface area contributed by atoms with Gasteiger partial charge in [0.1, 0.15) is 11.8 Å². The van der Waals surface area contributed by atoms with Gasteiger partial charge in [0, 0.05) is 11.6 Å². The Morgan fingerprint density at radius 3 is 2.38 bits per heavy atom. The highest BCUT2D eigenvalue weighted by Crippen LogP contribution is 2.30. The summed E-state index contributed by atoms with van der Waals surface area (Å²) in [5, 5.41) is 5.90. The van der Waals surface area contributed by atoms with Crippen LogP contribution in [0.1, 0.15) is 53.4 Å². The predicted molar refractivity (Wildman–Crippen MR) is 104 cm³/mol. The van der Waals surface area contributed by atoms with E-state index in [9.17, 15) is 9.59 Å². The van der Waals surface area contributed by atoms with E-state index in [1.807, 2.05) is 45.0 Å². The number of carbonyl (C=O) groups excluding carboxylic acids is 2. The van der Waals surface area contributed by atoms with Crippen molar-refractivity contribution in [3.8, 4) is 5.75 Å². The monoisotopic (exact) mass is 360 g/mol. The molecule has 0 bridgehead atoms. The van der Waals surface area contributed by atoms with Gasteiger partial charge in [-0.05, 0) is 55.9 Å². The molecule has 2 amide bonds. The second-order valence-electron chi connectivity index (χ2n) is 7.55. The van der Waals surface area contributed by atoms with Crippen LogP contribution in [0.5, 0.6) is 5.75 Å². The van der Waals surface area contributed by atoms with Gasteiger partial charge in [0.05, 0.1) is 6.61 Å². The molecule has 2 N–H and O–H groups in total. The number of benzene rings is 1. The summed E-state index contributed by atoms with van der Waals surface area (Å²) in [5.41, 5.74) is 0.699. The molecule has 3 atom stereocenters. The van der Waals surface area contributed by atoms with Crippen molar-refractivity contribution >= 4 is 17.5 Å². The molecule has 144 valence electrons. The van der Waals surface area contributed by atoms with Gasteiger partial charge in [-0.3, -0.25) is 9.59 Å². The molecule has 0 saturated heterocycles. The van der Waals surface area contributed by atoms with Gasteiger partial charge < -0.3 is 15.4 Å². The number of rotatable bonds is 7. The number of amides is 2. The van der Waals surface area contributed by atoms with E-state index in [0.29, 0.717) is 18.2 Å². The molecule has 1 saturated carbocycles. The molecule has 1 aromatic rings. The first-order chi connectivity index (χ1) is 12.4. The molecular weight excluding hydrogens is 328 g/mol. The van der Waals surface area contributed by atoms with Crippen molar-refractivity contribution in [1.29, 1.82) is 0 Å². The minimum Gasteiger partial charge on any atom is -0.494 e. The van der Waals surface area contributed by atoms with Crippen molar-refractivity contribution in [1.82, 2.24) is 5.32 Å². The third kappa shape index (κ3) is 5.48. The van der Waals surface area contributed by atoms with Gasteiger partial charge in [-0.15, -0.1) is 0 Å². The largest absolute Gasteiger partial charge is 0.494 e. The SMILES string of the molecule is CCOc1ccc(NC(=O)[C@H](NC(=O)[C@H]2CCCC[C@H]2C)C(C)C)cc1. The molecule has 0 aliphatic heterocycles. The maximum absolute atomic E-state index is 12.7. The smallest absolute Gasteiger partial charge is 0.247 e. The van der Waals surface area contributed by atoms with E-state index in [1.165, 1.54) is 6.42 Å². The lowest BCUT2D eigenvalue weighted by Crippen LogP contribution is -2.50. The summed E-state index contributed by atoms with van der Waals surface area (Å²) in [6, 6.07) is 6.73. The number of hydrogen-bond acceptors (Lipinski definition) is 3. The first kappa shape index (κ1) is 20.3. The molecule has 1 aromatic carbocycles. The van der Waals surface area contributed by atoms with E-state index >= 15 is 0 Å². The maximum Gasteiger partial charge on any atom is 0.247 e. The fourth-order valence-electron chi connectivity index (χ4n) is 3.52. The van der Waals surface area contributed by atoms with Crippen molar-refractivity contribution < 1.29 is 14.3 Å². The van der Waals surface area contributed by atoms with Crippen LogP contribution in [0.25, 0.3) is 0 Å². The van der Waals surface area contributed by atoms with Crippen LogP contribution in [-0.4, -0.2) is 24.5 Å². The Bertz CT molecular complexity index is 598. The van der Waals surface area contributed by atoms with Gasteiger partial charge >= 0.3 is 0 Å². The summed E-state index contributed by atoms with van der Waals surface area (Å²) in [6.07, 6.45) is 4.28. The summed E-state index contributed by atoms with van der Waals surface area (Å²) < 4.78 is 5.41. The van der Waals surface area contributed by atoms with Gasteiger partial charge in [0.15, 0.2) is 0 Å². The van der Waals surface area contributed by atoms with Crippen molar-refractivity contribution in [3.63, 3.8) is 0 Å². The van der Waals surface area contributed by atoms with E-state index in [1.54, 1.807) is 0 Å².